The molecule has 0 radical (unpaired) electrons. The molecular weight excluding hydrogens is 210 g/mol. The Morgan fingerprint density at radius 2 is 1.88 bits per heavy atom. The topological polar surface area (TPSA) is 32.5 Å². The molecule has 1 aliphatic rings. The third-order valence-corrected chi connectivity index (χ3v) is 3.64. The second-order valence-electron chi connectivity index (χ2n) is 6.27. The van der Waals surface area contributed by atoms with Gasteiger partial charge >= 0.3 is 0 Å². The monoisotopic (exact) mass is 241 g/mol. The highest BCUT2D eigenvalue weighted by molar-refractivity contribution is 4.82. The van der Waals surface area contributed by atoms with Gasteiger partial charge in [0.25, 0.3) is 0 Å². The van der Waals surface area contributed by atoms with E-state index in [9.17, 15) is 0 Å². The molecule has 0 aliphatic heterocycles. The first kappa shape index (κ1) is 14.9. The van der Waals surface area contributed by atoms with Crippen molar-refractivity contribution in [3.63, 3.8) is 0 Å². The molecule has 0 aromatic rings. The maximum absolute atomic E-state index is 6.11. The summed E-state index contributed by atoms with van der Waals surface area (Å²) in [5, 5.41) is 0. The van der Waals surface area contributed by atoms with Gasteiger partial charge in [-0.25, -0.2) is 0 Å². The standard InChI is InChI=1S/C14H31N3/c1-12(2)11-17(9-8-16(3)4)14-7-5-6-13(15)10-14/h12-14H,5-11,15H2,1-4H3. The lowest BCUT2D eigenvalue weighted by Crippen LogP contribution is -2.46. The average Bonchev–Trinajstić information content (AvgIpc) is 2.23. The second kappa shape index (κ2) is 7.34. The van der Waals surface area contributed by atoms with Gasteiger partial charge in [-0.05, 0) is 39.3 Å². The summed E-state index contributed by atoms with van der Waals surface area (Å²) in [6.07, 6.45) is 5.07. The van der Waals surface area contributed by atoms with E-state index in [0.717, 1.165) is 18.5 Å². The van der Waals surface area contributed by atoms with Crippen LogP contribution in [-0.2, 0) is 0 Å². The lowest BCUT2D eigenvalue weighted by molar-refractivity contribution is 0.122. The predicted octanol–water partition coefficient (Wildman–Crippen LogP) is 1.78. The van der Waals surface area contributed by atoms with E-state index in [0.29, 0.717) is 6.04 Å². The normalized spacial score (nSPS) is 26.1. The molecule has 1 saturated carbocycles. The van der Waals surface area contributed by atoms with Gasteiger partial charge in [0.1, 0.15) is 0 Å². The molecule has 2 N–H and O–H groups in total. The lowest BCUT2D eigenvalue weighted by atomic mass is 9.90. The SMILES string of the molecule is CC(C)CN(CCN(C)C)C1CCCC(N)C1. The molecule has 0 spiro atoms. The molecule has 1 aliphatic carbocycles. The fraction of sp³-hybridized carbons (Fsp3) is 1.00. The molecule has 3 heteroatoms. The number of nitrogens with zero attached hydrogens (tertiary/aromatic N) is 2. The third kappa shape index (κ3) is 5.84. The molecule has 0 saturated heterocycles. The minimum atomic E-state index is 0.433. The number of rotatable bonds is 6. The van der Waals surface area contributed by atoms with E-state index in [1.54, 1.807) is 0 Å². The van der Waals surface area contributed by atoms with Gasteiger partial charge in [-0.15, -0.1) is 0 Å². The molecular formula is C14H31N3. The minimum absolute atomic E-state index is 0.433. The molecule has 1 fully saturated rings. The summed E-state index contributed by atoms with van der Waals surface area (Å²) in [7, 11) is 4.31. The first-order valence-electron chi connectivity index (χ1n) is 7.13. The zero-order valence-corrected chi connectivity index (χ0v) is 12.2. The molecule has 2 unspecified atom stereocenters. The predicted molar refractivity (Wildman–Crippen MR) is 75.2 cm³/mol. The van der Waals surface area contributed by atoms with E-state index in [-0.39, 0.29) is 0 Å². The van der Waals surface area contributed by atoms with Crippen molar-refractivity contribution in [2.24, 2.45) is 11.7 Å². The van der Waals surface area contributed by atoms with Crippen molar-refractivity contribution in [1.29, 1.82) is 0 Å². The Morgan fingerprint density at radius 3 is 2.41 bits per heavy atom. The fourth-order valence-corrected chi connectivity index (χ4v) is 2.75. The van der Waals surface area contributed by atoms with Crippen molar-refractivity contribution in [2.75, 3.05) is 33.7 Å². The summed E-state index contributed by atoms with van der Waals surface area (Å²) in [6.45, 7) is 8.17. The van der Waals surface area contributed by atoms with E-state index < -0.39 is 0 Å². The summed E-state index contributed by atoms with van der Waals surface area (Å²) in [4.78, 5) is 4.94. The quantitative estimate of drug-likeness (QED) is 0.769. The van der Waals surface area contributed by atoms with Crippen LogP contribution in [0.2, 0.25) is 0 Å². The van der Waals surface area contributed by atoms with Crippen LogP contribution in [0, 0.1) is 5.92 Å². The van der Waals surface area contributed by atoms with Crippen LogP contribution in [0.15, 0.2) is 0 Å². The molecule has 0 aromatic heterocycles. The van der Waals surface area contributed by atoms with Crippen molar-refractivity contribution in [3.05, 3.63) is 0 Å². The van der Waals surface area contributed by atoms with Gasteiger partial charge in [0.2, 0.25) is 0 Å². The maximum Gasteiger partial charge on any atom is 0.0112 e. The highest BCUT2D eigenvalue weighted by Crippen LogP contribution is 2.22. The first-order chi connectivity index (χ1) is 7.99. The highest BCUT2D eigenvalue weighted by atomic mass is 15.2. The Labute approximate surface area is 107 Å². The van der Waals surface area contributed by atoms with E-state index in [2.05, 4.69) is 37.7 Å². The van der Waals surface area contributed by atoms with E-state index in [1.807, 2.05) is 0 Å². The van der Waals surface area contributed by atoms with Crippen molar-refractivity contribution >= 4 is 0 Å². The number of hydrogen-bond donors (Lipinski definition) is 1. The Kier molecular flexibility index (Phi) is 6.45. The third-order valence-electron chi connectivity index (χ3n) is 3.64. The Bertz CT molecular complexity index is 204. The van der Waals surface area contributed by atoms with E-state index >= 15 is 0 Å². The van der Waals surface area contributed by atoms with Crippen LogP contribution in [0.3, 0.4) is 0 Å². The second-order valence-corrected chi connectivity index (χ2v) is 6.27. The van der Waals surface area contributed by atoms with Gasteiger partial charge in [0.15, 0.2) is 0 Å². The molecule has 0 amide bonds. The number of likely N-dealkylation sites (N-methyl/N-ethyl adjacent to an activating group) is 1. The van der Waals surface area contributed by atoms with E-state index in [1.165, 1.54) is 38.8 Å². The molecule has 0 aromatic carbocycles. The van der Waals surface area contributed by atoms with Crippen LogP contribution in [0.25, 0.3) is 0 Å². The van der Waals surface area contributed by atoms with Crippen LogP contribution in [0.1, 0.15) is 39.5 Å². The first-order valence-corrected chi connectivity index (χ1v) is 7.13. The fourth-order valence-electron chi connectivity index (χ4n) is 2.75. The highest BCUT2D eigenvalue weighted by Gasteiger charge is 2.25. The van der Waals surface area contributed by atoms with Gasteiger partial charge in [-0.3, -0.25) is 4.90 Å². The van der Waals surface area contributed by atoms with Crippen molar-refractivity contribution in [1.82, 2.24) is 9.80 Å². The average molecular weight is 241 g/mol. The van der Waals surface area contributed by atoms with Crippen LogP contribution in [0.4, 0.5) is 0 Å². The Morgan fingerprint density at radius 1 is 1.18 bits per heavy atom. The van der Waals surface area contributed by atoms with Gasteiger partial charge < -0.3 is 10.6 Å². The van der Waals surface area contributed by atoms with Crippen LogP contribution >= 0.6 is 0 Å². The summed E-state index contributed by atoms with van der Waals surface area (Å²) < 4.78 is 0. The number of nitrogens with two attached hydrogens (primary N) is 1. The largest absolute Gasteiger partial charge is 0.328 e. The minimum Gasteiger partial charge on any atom is -0.328 e. The smallest absolute Gasteiger partial charge is 0.0112 e. The maximum atomic E-state index is 6.11. The van der Waals surface area contributed by atoms with Crippen LogP contribution in [-0.4, -0.2) is 55.6 Å². The zero-order valence-electron chi connectivity index (χ0n) is 12.2. The van der Waals surface area contributed by atoms with E-state index in [4.69, 9.17) is 5.73 Å². The van der Waals surface area contributed by atoms with Crippen molar-refractivity contribution in [3.8, 4) is 0 Å². The summed E-state index contributed by atoms with van der Waals surface area (Å²) >= 11 is 0. The van der Waals surface area contributed by atoms with Gasteiger partial charge in [-0.2, -0.15) is 0 Å². The lowest BCUT2D eigenvalue weighted by Gasteiger charge is -2.38. The summed E-state index contributed by atoms with van der Waals surface area (Å²) in [6, 6.07) is 1.16. The molecule has 0 heterocycles. The molecule has 0 bridgehead atoms. The Hall–Kier alpha value is -0.120. The van der Waals surface area contributed by atoms with Crippen molar-refractivity contribution < 1.29 is 0 Å². The van der Waals surface area contributed by atoms with Gasteiger partial charge in [0.05, 0.1) is 0 Å². The molecule has 1 rings (SSSR count). The zero-order chi connectivity index (χ0) is 12.8. The molecule has 3 nitrogen and oxygen atoms in total. The van der Waals surface area contributed by atoms with Gasteiger partial charge in [0, 0.05) is 31.7 Å². The van der Waals surface area contributed by atoms with Gasteiger partial charge in [-0.1, -0.05) is 20.3 Å². The van der Waals surface area contributed by atoms with Crippen molar-refractivity contribution in [2.45, 2.75) is 51.6 Å². The Balaban J connectivity index is 2.48. The van der Waals surface area contributed by atoms with Crippen LogP contribution in [0.5, 0.6) is 0 Å². The molecule has 102 valence electrons. The van der Waals surface area contributed by atoms with Crippen LogP contribution < -0.4 is 5.73 Å². The molecule has 17 heavy (non-hydrogen) atoms. The number of hydrogen-bond acceptors (Lipinski definition) is 3. The molecule has 2 atom stereocenters. The summed E-state index contributed by atoms with van der Waals surface area (Å²) in [5.41, 5.74) is 6.11. The summed E-state index contributed by atoms with van der Waals surface area (Å²) in [5.74, 6) is 0.746.